The molecule has 0 radical (unpaired) electrons. The van der Waals surface area contributed by atoms with Crippen molar-refractivity contribution in [1.82, 2.24) is 5.32 Å². The van der Waals surface area contributed by atoms with Crippen LogP contribution in [0.3, 0.4) is 0 Å². The van der Waals surface area contributed by atoms with Crippen LogP contribution < -0.4 is 15.0 Å². The second-order valence-corrected chi connectivity index (χ2v) is 4.21. The first-order chi connectivity index (χ1) is 8.67. The summed E-state index contributed by atoms with van der Waals surface area (Å²) in [6, 6.07) is 4.35. The first-order valence-corrected chi connectivity index (χ1v) is 6.05. The van der Waals surface area contributed by atoms with Crippen LogP contribution >= 0.6 is 0 Å². The molecule has 0 aromatic heterocycles. The van der Waals surface area contributed by atoms with E-state index in [0.29, 0.717) is 12.2 Å². The third-order valence-corrected chi connectivity index (χ3v) is 3.10. The minimum atomic E-state index is -0.420. The summed E-state index contributed by atoms with van der Waals surface area (Å²) >= 11 is 0. The van der Waals surface area contributed by atoms with Gasteiger partial charge in [0.05, 0.1) is 13.2 Å². The van der Waals surface area contributed by atoms with E-state index in [1.165, 1.54) is 13.2 Å². The molecule has 1 amide bonds. The van der Waals surface area contributed by atoms with Crippen molar-refractivity contribution < 1.29 is 13.9 Å². The highest BCUT2D eigenvalue weighted by atomic mass is 19.1. The van der Waals surface area contributed by atoms with Crippen molar-refractivity contribution in [3.63, 3.8) is 0 Å². The number of likely N-dealkylation sites (N-methyl/N-ethyl adjacent to an activating group) is 1. The maximum Gasteiger partial charge on any atom is 0.244 e. The van der Waals surface area contributed by atoms with Gasteiger partial charge in [-0.15, -0.1) is 0 Å². The summed E-state index contributed by atoms with van der Waals surface area (Å²) in [6.45, 7) is 3.37. The molecule has 98 valence electrons. The molecule has 1 aromatic carbocycles. The van der Waals surface area contributed by atoms with Gasteiger partial charge >= 0.3 is 0 Å². The fraction of sp³-hybridized carbons (Fsp3) is 0.462. The van der Waals surface area contributed by atoms with E-state index in [1.807, 2.05) is 6.92 Å². The van der Waals surface area contributed by atoms with Crippen molar-refractivity contribution >= 4 is 11.6 Å². The first-order valence-electron chi connectivity index (χ1n) is 6.05. The average Bonchev–Trinajstić information content (AvgIpc) is 2.73. The van der Waals surface area contributed by atoms with Crippen LogP contribution in [0.5, 0.6) is 5.75 Å². The van der Waals surface area contributed by atoms with E-state index in [1.54, 1.807) is 17.0 Å². The molecule has 1 aromatic rings. The highest BCUT2D eigenvalue weighted by molar-refractivity contribution is 5.99. The highest BCUT2D eigenvalue weighted by Gasteiger charge is 2.32. The summed E-state index contributed by atoms with van der Waals surface area (Å²) in [5.41, 5.74) is 0.679. The standard InChI is InChI=1S/C13H17FN2O2/c1-3-15-11-6-7-16(13(11)17)9-4-5-10(14)12(8-9)18-2/h4-5,8,11,15H,3,6-7H2,1-2H3. The van der Waals surface area contributed by atoms with Gasteiger partial charge in [0, 0.05) is 18.3 Å². The summed E-state index contributed by atoms with van der Waals surface area (Å²) in [6.07, 6.45) is 0.770. The predicted octanol–water partition coefficient (Wildman–Crippen LogP) is 1.55. The van der Waals surface area contributed by atoms with Crippen LogP contribution in [-0.2, 0) is 4.79 Å². The lowest BCUT2D eigenvalue weighted by Gasteiger charge is -2.18. The van der Waals surface area contributed by atoms with Crippen LogP contribution in [0.25, 0.3) is 0 Å². The van der Waals surface area contributed by atoms with Gasteiger partial charge in [-0.3, -0.25) is 4.79 Å². The lowest BCUT2D eigenvalue weighted by Crippen LogP contribution is -2.38. The smallest absolute Gasteiger partial charge is 0.244 e. The molecule has 0 bridgehead atoms. The second kappa shape index (κ2) is 5.35. The third kappa shape index (κ3) is 2.31. The van der Waals surface area contributed by atoms with E-state index in [0.717, 1.165) is 13.0 Å². The molecule has 1 atom stereocenters. The number of halogens is 1. The number of ether oxygens (including phenoxy) is 1. The van der Waals surface area contributed by atoms with Gasteiger partial charge in [-0.2, -0.15) is 0 Å². The average molecular weight is 252 g/mol. The molecule has 1 N–H and O–H groups in total. The largest absolute Gasteiger partial charge is 0.494 e. The molecular weight excluding hydrogens is 235 g/mol. The van der Waals surface area contributed by atoms with Gasteiger partial charge < -0.3 is 15.0 Å². The SMILES string of the molecule is CCNC1CCN(c2ccc(F)c(OC)c2)C1=O. The van der Waals surface area contributed by atoms with E-state index >= 15 is 0 Å². The minimum Gasteiger partial charge on any atom is -0.494 e. The molecule has 1 saturated heterocycles. The number of rotatable bonds is 4. The zero-order valence-corrected chi connectivity index (χ0v) is 10.6. The molecule has 0 spiro atoms. The zero-order valence-electron chi connectivity index (χ0n) is 10.6. The Morgan fingerprint density at radius 3 is 3.00 bits per heavy atom. The molecule has 0 saturated carbocycles. The Balaban J connectivity index is 2.20. The zero-order chi connectivity index (χ0) is 13.1. The third-order valence-electron chi connectivity index (χ3n) is 3.10. The van der Waals surface area contributed by atoms with Crippen molar-refractivity contribution in [2.24, 2.45) is 0 Å². The number of carbonyl (C=O) groups excluding carboxylic acids is 1. The van der Waals surface area contributed by atoms with Crippen LogP contribution in [0, 0.1) is 5.82 Å². The topological polar surface area (TPSA) is 41.6 Å². The number of nitrogens with zero attached hydrogens (tertiary/aromatic N) is 1. The molecule has 1 aliphatic heterocycles. The first kappa shape index (κ1) is 12.8. The van der Waals surface area contributed by atoms with Crippen LogP contribution in [-0.4, -0.2) is 32.1 Å². The van der Waals surface area contributed by atoms with Gasteiger partial charge in [-0.25, -0.2) is 4.39 Å². The van der Waals surface area contributed by atoms with Gasteiger partial charge in [-0.05, 0) is 25.1 Å². The predicted molar refractivity (Wildman–Crippen MR) is 67.4 cm³/mol. The van der Waals surface area contributed by atoms with Crippen molar-refractivity contribution in [3.05, 3.63) is 24.0 Å². The lowest BCUT2D eigenvalue weighted by atomic mass is 10.2. The number of benzene rings is 1. The molecule has 1 heterocycles. The summed E-state index contributed by atoms with van der Waals surface area (Å²) in [4.78, 5) is 13.8. The molecule has 0 aliphatic carbocycles. The van der Waals surface area contributed by atoms with Crippen LogP contribution in [0.15, 0.2) is 18.2 Å². The number of nitrogens with one attached hydrogen (secondary N) is 1. The highest BCUT2D eigenvalue weighted by Crippen LogP contribution is 2.27. The van der Waals surface area contributed by atoms with Gasteiger partial charge in [0.25, 0.3) is 0 Å². The van der Waals surface area contributed by atoms with Crippen LogP contribution in [0.4, 0.5) is 10.1 Å². The van der Waals surface area contributed by atoms with Crippen molar-refractivity contribution in [2.45, 2.75) is 19.4 Å². The minimum absolute atomic E-state index is 0.0329. The Morgan fingerprint density at radius 1 is 1.56 bits per heavy atom. The Morgan fingerprint density at radius 2 is 2.33 bits per heavy atom. The number of anilines is 1. The Kier molecular flexibility index (Phi) is 3.81. The maximum absolute atomic E-state index is 13.3. The van der Waals surface area contributed by atoms with E-state index in [2.05, 4.69) is 5.32 Å². The lowest BCUT2D eigenvalue weighted by molar-refractivity contribution is -0.118. The normalized spacial score (nSPS) is 19.4. The summed E-state index contributed by atoms with van der Waals surface area (Å²) in [5.74, 6) is -0.228. The van der Waals surface area contributed by atoms with E-state index in [4.69, 9.17) is 4.74 Å². The molecular formula is C13H17FN2O2. The summed E-state index contributed by atoms with van der Waals surface area (Å²) in [5, 5.41) is 3.14. The van der Waals surface area contributed by atoms with Gasteiger partial charge in [-0.1, -0.05) is 6.92 Å². The number of carbonyl (C=O) groups is 1. The summed E-state index contributed by atoms with van der Waals surface area (Å²) < 4.78 is 18.2. The van der Waals surface area contributed by atoms with E-state index in [9.17, 15) is 9.18 Å². The quantitative estimate of drug-likeness (QED) is 0.884. The van der Waals surface area contributed by atoms with Gasteiger partial charge in [0.1, 0.15) is 0 Å². The fourth-order valence-corrected chi connectivity index (χ4v) is 2.19. The molecule has 4 nitrogen and oxygen atoms in total. The number of hydrogen-bond donors (Lipinski definition) is 1. The fourth-order valence-electron chi connectivity index (χ4n) is 2.19. The number of hydrogen-bond acceptors (Lipinski definition) is 3. The van der Waals surface area contributed by atoms with Crippen molar-refractivity contribution in [1.29, 1.82) is 0 Å². The second-order valence-electron chi connectivity index (χ2n) is 4.21. The molecule has 1 aliphatic rings. The van der Waals surface area contributed by atoms with Crippen molar-refractivity contribution in [3.8, 4) is 5.75 Å². The van der Waals surface area contributed by atoms with E-state index in [-0.39, 0.29) is 17.7 Å². The van der Waals surface area contributed by atoms with Crippen LogP contribution in [0.2, 0.25) is 0 Å². The monoisotopic (exact) mass is 252 g/mol. The number of amides is 1. The Labute approximate surface area is 106 Å². The molecule has 18 heavy (non-hydrogen) atoms. The molecule has 2 rings (SSSR count). The maximum atomic E-state index is 13.3. The molecule has 5 heteroatoms. The number of methoxy groups -OCH3 is 1. The van der Waals surface area contributed by atoms with Gasteiger partial charge in [0.15, 0.2) is 11.6 Å². The summed E-state index contributed by atoms with van der Waals surface area (Å²) in [7, 11) is 1.41. The molecule has 1 fully saturated rings. The van der Waals surface area contributed by atoms with Crippen molar-refractivity contribution in [2.75, 3.05) is 25.1 Å². The molecule has 1 unspecified atom stereocenters. The van der Waals surface area contributed by atoms with Crippen LogP contribution in [0.1, 0.15) is 13.3 Å². The van der Waals surface area contributed by atoms with E-state index < -0.39 is 5.82 Å². The van der Waals surface area contributed by atoms with Gasteiger partial charge in [0.2, 0.25) is 5.91 Å². The Bertz CT molecular complexity index is 451. The Hall–Kier alpha value is -1.62.